The summed E-state index contributed by atoms with van der Waals surface area (Å²) >= 11 is 0. The van der Waals surface area contributed by atoms with Gasteiger partial charge in [0.25, 0.3) is 5.71 Å². The van der Waals surface area contributed by atoms with Gasteiger partial charge in [0.05, 0.1) is 5.69 Å². The van der Waals surface area contributed by atoms with Crippen molar-refractivity contribution in [3.8, 4) is 29.0 Å². The van der Waals surface area contributed by atoms with Crippen LogP contribution in [0.3, 0.4) is 0 Å². The number of oxazole rings is 1. The lowest BCUT2D eigenvalue weighted by atomic mass is 10.1. The Bertz CT molecular complexity index is 1210. The van der Waals surface area contributed by atoms with E-state index < -0.39 is 5.82 Å². The van der Waals surface area contributed by atoms with Gasteiger partial charge >= 0.3 is 6.01 Å². The smallest absolute Gasteiger partial charge is 0.325 e. The van der Waals surface area contributed by atoms with Crippen molar-refractivity contribution >= 4 is 11.2 Å². The van der Waals surface area contributed by atoms with Gasteiger partial charge in [-0.05, 0) is 61.6 Å². The zero-order valence-electron chi connectivity index (χ0n) is 17.2. The van der Waals surface area contributed by atoms with Gasteiger partial charge in [-0.1, -0.05) is 26.0 Å². The number of phenols is 1. The molecule has 2 heterocycles. The van der Waals surface area contributed by atoms with Crippen LogP contribution in [-0.4, -0.2) is 20.1 Å². The highest BCUT2D eigenvalue weighted by molar-refractivity contribution is 5.76. The van der Waals surface area contributed by atoms with Crippen LogP contribution in [0.15, 0.2) is 40.8 Å². The number of halogens is 1. The number of hydrogen-bond acceptors (Lipinski definition) is 6. The predicted octanol–water partition coefficient (Wildman–Crippen LogP) is 5.74. The van der Waals surface area contributed by atoms with E-state index >= 15 is 0 Å². The molecule has 30 heavy (non-hydrogen) atoms. The van der Waals surface area contributed by atoms with E-state index in [2.05, 4.69) is 28.8 Å². The van der Waals surface area contributed by atoms with Gasteiger partial charge in [-0.15, -0.1) is 0 Å². The molecule has 0 saturated heterocycles. The number of aromatic hydroxyl groups is 1. The van der Waals surface area contributed by atoms with Crippen LogP contribution in [0.25, 0.3) is 22.7 Å². The minimum atomic E-state index is -0.500. The average Bonchev–Trinajstić information content (AvgIpc) is 3.12. The summed E-state index contributed by atoms with van der Waals surface area (Å²) in [6.07, 6.45) is 0.631. The largest absolute Gasteiger partial charge is 0.507 e. The van der Waals surface area contributed by atoms with Gasteiger partial charge in [-0.2, -0.15) is 9.97 Å². The van der Waals surface area contributed by atoms with E-state index in [1.807, 2.05) is 13.8 Å². The first-order chi connectivity index (χ1) is 14.3. The summed E-state index contributed by atoms with van der Waals surface area (Å²) < 4.78 is 25.5. The number of nitrogens with zero attached hydrogens (tertiary/aromatic N) is 3. The SMILES string of the molecule is Cc1cc(-c2nc3c(CC(C)C)nc(Oc4ccccc4F)nc3o2)cc(C)c1O. The molecular weight excluding hydrogens is 385 g/mol. The maximum atomic E-state index is 14.0. The molecule has 0 spiro atoms. The molecule has 0 saturated carbocycles. The molecule has 0 aliphatic rings. The van der Waals surface area contributed by atoms with Crippen molar-refractivity contribution in [2.45, 2.75) is 34.1 Å². The molecule has 4 aromatic rings. The maximum Gasteiger partial charge on any atom is 0.325 e. The molecular formula is C23H22FN3O3. The highest BCUT2D eigenvalue weighted by atomic mass is 19.1. The van der Waals surface area contributed by atoms with Crippen molar-refractivity contribution in [1.82, 2.24) is 15.0 Å². The third-order valence-electron chi connectivity index (χ3n) is 4.69. The van der Waals surface area contributed by atoms with Crippen molar-refractivity contribution in [2.75, 3.05) is 0 Å². The van der Waals surface area contributed by atoms with Crippen LogP contribution < -0.4 is 4.74 Å². The molecule has 0 unspecified atom stereocenters. The fourth-order valence-electron chi connectivity index (χ4n) is 3.26. The number of ether oxygens (including phenoxy) is 1. The van der Waals surface area contributed by atoms with Crippen molar-refractivity contribution in [1.29, 1.82) is 0 Å². The molecule has 154 valence electrons. The Morgan fingerprint density at radius 3 is 2.43 bits per heavy atom. The van der Waals surface area contributed by atoms with Crippen LogP contribution in [0, 0.1) is 25.6 Å². The lowest BCUT2D eigenvalue weighted by molar-refractivity contribution is 0.407. The lowest BCUT2D eigenvalue weighted by Crippen LogP contribution is -2.02. The van der Waals surface area contributed by atoms with E-state index in [9.17, 15) is 9.50 Å². The number of fused-ring (bicyclic) bond motifs is 1. The van der Waals surface area contributed by atoms with Crippen molar-refractivity contribution in [3.63, 3.8) is 0 Å². The number of aryl methyl sites for hydroxylation is 2. The van der Waals surface area contributed by atoms with Gasteiger partial charge in [0.2, 0.25) is 5.89 Å². The summed E-state index contributed by atoms with van der Waals surface area (Å²) in [7, 11) is 0. The number of phenolic OH excluding ortho intramolecular Hbond substituents is 1. The summed E-state index contributed by atoms with van der Waals surface area (Å²) in [5.41, 5.74) is 3.67. The second-order valence-electron chi connectivity index (χ2n) is 7.71. The third kappa shape index (κ3) is 3.83. The van der Waals surface area contributed by atoms with Gasteiger partial charge in [-0.3, -0.25) is 0 Å². The first-order valence-electron chi connectivity index (χ1n) is 9.72. The first kappa shape index (κ1) is 19.8. The van der Waals surface area contributed by atoms with E-state index in [0.717, 1.165) is 16.7 Å². The number of para-hydroxylation sites is 1. The topological polar surface area (TPSA) is 81.3 Å². The Balaban J connectivity index is 1.82. The van der Waals surface area contributed by atoms with Gasteiger partial charge in [0.1, 0.15) is 5.75 Å². The van der Waals surface area contributed by atoms with Crippen LogP contribution in [-0.2, 0) is 6.42 Å². The maximum absolute atomic E-state index is 14.0. The Morgan fingerprint density at radius 1 is 1.07 bits per heavy atom. The molecule has 1 N–H and O–H groups in total. The van der Waals surface area contributed by atoms with Gasteiger partial charge in [-0.25, -0.2) is 9.37 Å². The Kier molecular flexibility index (Phi) is 5.11. The Labute approximate surface area is 173 Å². The van der Waals surface area contributed by atoms with Crippen LogP contribution in [0.2, 0.25) is 0 Å². The number of rotatable bonds is 5. The second-order valence-corrected chi connectivity index (χ2v) is 7.71. The van der Waals surface area contributed by atoms with Crippen LogP contribution >= 0.6 is 0 Å². The molecule has 0 aliphatic carbocycles. The van der Waals surface area contributed by atoms with Crippen LogP contribution in [0.5, 0.6) is 17.5 Å². The van der Waals surface area contributed by atoms with Gasteiger partial charge < -0.3 is 14.3 Å². The normalized spacial score (nSPS) is 11.4. The standard InChI is InChI=1S/C23H22FN3O3/c1-12(2)9-17-19-22(27-23(25-17)29-18-8-6-5-7-16(18)24)30-21(26-19)15-10-13(3)20(28)14(4)11-15/h5-8,10-12,28H,9H2,1-4H3. The highest BCUT2D eigenvalue weighted by Crippen LogP contribution is 2.32. The molecule has 2 aromatic heterocycles. The fraction of sp³-hybridized carbons (Fsp3) is 0.261. The molecule has 0 radical (unpaired) electrons. The third-order valence-corrected chi connectivity index (χ3v) is 4.69. The number of benzene rings is 2. The fourth-order valence-corrected chi connectivity index (χ4v) is 3.26. The summed E-state index contributed by atoms with van der Waals surface area (Å²) in [6, 6.07) is 9.70. The van der Waals surface area contributed by atoms with Crippen LogP contribution in [0.1, 0.15) is 30.7 Å². The average molecular weight is 407 g/mol. The second kappa shape index (κ2) is 7.74. The molecule has 0 atom stereocenters. The van der Waals surface area contributed by atoms with E-state index in [1.165, 1.54) is 12.1 Å². The quantitative estimate of drug-likeness (QED) is 0.454. The number of aromatic nitrogens is 3. The highest BCUT2D eigenvalue weighted by Gasteiger charge is 2.19. The van der Waals surface area contributed by atoms with E-state index in [4.69, 9.17) is 9.15 Å². The van der Waals surface area contributed by atoms with Crippen LogP contribution in [0.4, 0.5) is 4.39 Å². The van der Waals surface area contributed by atoms with Gasteiger partial charge in [0.15, 0.2) is 17.1 Å². The zero-order valence-corrected chi connectivity index (χ0v) is 17.2. The monoisotopic (exact) mass is 407 g/mol. The molecule has 2 aromatic carbocycles. The first-order valence-corrected chi connectivity index (χ1v) is 9.72. The molecule has 0 aliphatic heterocycles. The van der Waals surface area contributed by atoms with Gasteiger partial charge in [0, 0.05) is 5.56 Å². The predicted molar refractivity (Wildman–Crippen MR) is 111 cm³/mol. The minimum absolute atomic E-state index is 0.00372. The minimum Gasteiger partial charge on any atom is -0.507 e. The summed E-state index contributed by atoms with van der Waals surface area (Å²) in [5, 5.41) is 10.0. The van der Waals surface area contributed by atoms with Crippen molar-refractivity contribution in [3.05, 3.63) is 59.0 Å². The summed E-state index contributed by atoms with van der Waals surface area (Å²) in [4.78, 5) is 13.4. The molecule has 0 amide bonds. The van der Waals surface area contributed by atoms with E-state index in [-0.39, 0.29) is 23.2 Å². The van der Waals surface area contributed by atoms with E-state index in [0.29, 0.717) is 29.4 Å². The molecule has 4 rings (SSSR count). The molecule has 6 nitrogen and oxygen atoms in total. The van der Waals surface area contributed by atoms with Crippen molar-refractivity contribution in [2.24, 2.45) is 5.92 Å². The number of hydrogen-bond donors (Lipinski definition) is 1. The summed E-state index contributed by atoms with van der Waals surface area (Å²) in [6.45, 7) is 7.77. The molecule has 7 heteroatoms. The molecule has 0 fully saturated rings. The van der Waals surface area contributed by atoms with Crippen molar-refractivity contribution < 1.29 is 18.7 Å². The van der Waals surface area contributed by atoms with E-state index in [1.54, 1.807) is 24.3 Å². The lowest BCUT2D eigenvalue weighted by Gasteiger charge is -2.08. The molecule has 0 bridgehead atoms. The Morgan fingerprint density at radius 2 is 1.77 bits per heavy atom. The Hall–Kier alpha value is -3.48. The zero-order chi connectivity index (χ0) is 21.4. The summed E-state index contributed by atoms with van der Waals surface area (Å²) in [5.74, 6) is 0.466.